The number of amides is 1. The molecule has 0 unspecified atom stereocenters. The molecule has 1 aromatic heterocycles. The number of anilines is 2. The summed E-state index contributed by atoms with van der Waals surface area (Å²) < 4.78 is 1.12. The number of carbonyl (C=O) groups excluding carboxylic acids is 1. The number of benzene rings is 2. The van der Waals surface area contributed by atoms with Gasteiger partial charge in [-0.1, -0.05) is 17.4 Å². The van der Waals surface area contributed by atoms with Crippen LogP contribution in [0.25, 0.3) is 10.2 Å². The van der Waals surface area contributed by atoms with Crippen LogP contribution in [0.1, 0.15) is 21.5 Å². The van der Waals surface area contributed by atoms with Gasteiger partial charge in [0.1, 0.15) is 0 Å². The quantitative estimate of drug-likeness (QED) is 0.695. The highest BCUT2D eigenvalue weighted by Crippen LogP contribution is 2.32. The number of aryl methyl sites for hydroxylation is 2. The zero-order valence-corrected chi connectivity index (χ0v) is 18.4. The number of carbonyl (C=O) groups is 1. The molecule has 0 saturated heterocycles. The van der Waals surface area contributed by atoms with Gasteiger partial charge in [0, 0.05) is 25.3 Å². The van der Waals surface area contributed by atoms with Crippen LogP contribution in [0.3, 0.4) is 0 Å². The monoisotopic (exact) mass is 397 g/mol. The molecule has 6 heteroatoms. The number of thiazole rings is 1. The van der Waals surface area contributed by atoms with E-state index in [1.165, 1.54) is 16.0 Å². The van der Waals surface area contributed by atoms with Crippen molar-refractivity contribution in [2.45, 2.75) is 13.8 Å². The molecule has 5 nitrogen and oxygen atoms in total. The molecule has 148 valence electrons. The number of hydrogen-bond acceptors (Lipinski definition) is 4. The molecule has 3 aromatic rings. The molecule has 0 fully saturated rings. The average Bonchev–Trinajstić information content (AvgIpc) is 3.09. The van der Waals surface area contributed by atoms with E-state index >= 15 is 0 Å². The summed E-state index contributed by atoms with van der Waals surface area (Å²) in [6.45, 7) is 5.68. The molecule has 0 bridgehead atoms. The number of nitrogens with zero attached hydrogens (tertiary/aromatic N) is 3. The largest absolute Gasteiger partial charge is 0.378 e. The van der Waals surface area contributed by atoms with Gasteiger partial charge in [-0.05, 0) is 55.3 Å². The van der Waals surface area contributed by atoms with Gasteiger partial charge < -0.3 is 9.80 Å². The SMILES string of the molecule is Cc1ccc2sc(N(CC[NH+](C)C)C(=O)c3ccc(N(C)C)cc3)nc2c1C. The van der Waals surface area contributed by atoms with Gasteiger partial charge in [0.05, 0.1) is 37.4 Å². The minimum atomic E-state index is -0.0000118. The van der Waals surface area contributed by atoms with Crippen molar-refractivity contribution in [1.29, 1.82) is 0 Å². The predicted molar refractivity (Wildman–Crippen MR) is 119 cm³/mol. The smallest absolute Gasteiger partial charge is 0.260 e. The van der Waals surface area contributed by atoms with E-state index in [0.717, 1.165) is 27.6 Å². The Hall–Kier alpha value is -2.44. The minimum absolute atomic E-state index is 0.0000118. The van der Waals surface area contributed by atoms with E-state index in [0.29, 0.717) is 12.1 Å². The Bertz CT molecular complexity index is 976. The van der Waals surface area contributed by atoms with Crippen molar-refractivity contribution < 1.29 is 9.69 Å². The molecule has 0 aliphatic heterocycles. The maximum absolute atomic E-state index is 13.3. The van der Waals surface area contributed by atoms with Crippen LogP contribution in [0.5, 0.6) is 0 Å². The normalized spacial score (nSPS) is 11.2. The first-order chi connectivity index (χ1) is 13.3. The van der Waals surface area contributed by atoms with Crippen molar-refractivity contribution in [2.24, 2.45) is 0 Å². The number of rotatable bonds is 6. The van der Waals surface area contributed by atoms with Crippen LogP contribution >= 0.6 is 11.3 Å². The Kier molecular flexibility index (Phi) is 6.01. The minimum Gasteiger partial charge on any atom is -0.378 e. The number of nitrogens with one attached hydrogen (secondary N) is 1. The van der Waals surface area contributed by atoms with E-state index in [1.54, 1.807) is 11.3 Å². The summed E-state index contributed by atoms with van der Waals surface area (Å²) in [6.07, 6.45) is 0. The fraction of sp³-hybridized carbons (Fsp3) is 0.364. The van der Waals surface area contributed by atoms with E-state index in [9.17, 15) is 4.79 Å². The van der Waals surface area contributed by atoms with Crippen LogP contribution in [0.15, 0.2) is 36.4 Å². The number of aromatic nitrogens is 1. The second-order valence-electron chi connectivity index (χ2n) is 7.71. The fourth-order valence-electron chi connectivity index (χ4n) is 3.01. The topological polar surface area (TPSA) is 40.9 Å². The second-order valence-corrected chi connectivity index (χ2v) is 8.71. The van der Waals surface area contributed by atoms with Crippen LogP contribution < -0.4 is 14.7 Å². The summed E-state index contributed by atoms with van der Waals surface area (Å²) in [6, 6.07) is 12.0. The number of fused-ring (bicyclic) bond motifs is 1. The first kappa shape index (κ1) is 20.3. The number of hydrogen-bond donors (Lipinski definition) is 1. The van der Waals surface area contributed by atoms with Crippen LogP contribution in [0.2, 0.25) is 0 Å². The van der Waals surface area contributed by atoms with Crippen molar-refractivity contribution in [3.05, 3.63) is 53.1 Å². The molecule has 2 aromatic carbocycles. The van der Waals surface area contributed by atoms with E-state index in [2.05, 4.69) is 40.1 Å². The van der Waals surface area contributed by atoms with Gasteiger partial charge in [0.25, 0.3) is 5.91 Å². The molecule has 0 spiro atoms. The van der Waals surface area contributed by atoms with Crippen LogP contribution in [0, 0.1) is 13.8 Å². The van der Waals surface area contributed by atoms with Gasteiger partial charge in [-0.2, -0.15) is 0 Å². The van der Waals surface area contributed by atoms with Crippen LogP contribution in [-0.2, 0) is 0 Å². The Balaban J connectivity index is 1.98. The average molecular weight is 398 g/mol. The molecule has 0 aliphatic rings. The first-order valence-electron chi connectivity index (χ1n) is 9.53. The van der Waals surface area contributed by atoms with Gasteiger partial charge >= 0.3 is 0 Å². The third-order valence-corrected chi connectivity index (χ3v) is 6.06. The molecular formula is C22H29N4OS+. The lowest BCUT2D eigenvalue weighted by Gasteiger charge is -2.21. The summed E-state index contributed by atoms with van der Waals surface area (Å²) in [5, 5.41) is 0.770. The van der Waals surface area contributed by atoms with Crippen LogP contribution in [-0.4, -0.2) is 52.2 Å². The lowest BCUT2D eigenvalue weighted by atomic mass is 10.1. The second kappa shape index (κ2) is 8.29. The first-order valence-corrected chi connectivity index (χ1v) is 10.3. The summed E-state index contributed by atoms with van der Waals surface area (Å²) in [7, 11) is 8.18. The third-order valence-electron chi connectivity index (χ3n) is 5.02. The molecule has 0 saturated carbocycles. The molecule has 1 heterocycles. The summed E-state index contributed by atoms with van der Waals surface area (Å²) in [5.74, 6) is -0.0000118. The highest BCUT2D eigenvalue weighted by atomic mass is 32.1. The standard InChI is InChI=1S/C22H28N4OS/c1-15-7-12-19-20(16(15)2)23-22(28-19)26(14-13-24(3)4)21(27)17-8-10-18(11-9-17)25(5)6/h7-12H,13-14H2,1-6H3/p+1. The highest BCUT2D eigenvalue weighted by molar-refractivity contribution is 7.22. The maximum atomic E-state index is 13.3. The van der Waals surface area contributed by atoms with Gasteiger partial charge in [0.2, 0.25) is 0 Å². The molecule has 1 amide bonds. The molecule has 0 atom stereocenters. The molecule has 1 N–H and O–H groups in total. The number of likely N-dealkylation sites (N-methyl/N-ethyl adjacent to an activating group) is 1. The van der Waals surface area contributed by atoms with E-state index < -0.39 is 0 Å². The van der Waals surface area contributed by atoms with Gasteiger partial charge in [-0.3, -0.25) is 9.69 Å². The van der Waals surface area contributed by atoms with Crippen molar-refractivity contribution in [3.63, 3.8) is 0 Å². The summed E-state index contributed by atoms with van der Waals surface area (Å²) >= 11 is 1.59. The zero-order valence-electron chi connectivity index (χ0n) is 17.5. The number of quaternary nitrogens is 1. The van der Waals surface area contributed by atoms with Gasteiger partial charge in [0.15, 0.2) is 5.13 Å². The van der Waals surface area contributed by atoms with Gasteiger partial charge in [-0.25, -0.2) is 4.98 Å². The maximum Gasteiger partial charge on any atom is 0.260 e. The molecular weight excluding hydrogens is 368 g/mol. The summed E-state index contributed by atoms with van der Waals surface area (Å²) in [5.41, 5.74) is 5.16. The highest BCUT2D eigenvalue weighted by Gasteiger charge is 2.23. The third kappa shape index (κ3) is 4.18. The van der Waals surface area contributed by atoms with E-state index in [-0.39, 0.29) is 5.91 Å². The molecule has 0 radical (unpaired) electrons. The van der Waals surface area contributed by atoms with Gasteiger partial charge in [-0.15, -0.1) is 0 Å². The Morgan fingerprint density at radius 3 is 2.36 bits per heavy atom. The Morgan fingerprint density at radius 2 is 1.75 bits per heavy atom. The zero-order chi connectivity index (χ0) is 20.4. The van der Waals surface area contributed by atoms with Crippen LogP contribution in [0.4, 0.5) is 10.8 Å². The van der Waals surface area contributed by atoms with E-state index in [1.807, 2.05) is 48.2 Å². The van der Waals surface area contributed by atoms with E-state index in [4.69, 9.17) is 4.98 Å². The van der Waals surface area contributed by atoms with Crippen molar-refractivity contribution in [3.8, 4) is 0 Å². The van der Waals surface area contributed by atoms with Crippen molar-refractivity contribution in [1.82, 2.24) is 4.98 Å². The predicted octanol–water partition coefficient (Wildman–Crippen LogP) is 2.77. The molecule has 28 heavy (non-hydrogen) atoms. The van der Waals surface area contributed by atoms with Crippen molar-refractivity contribution >= 4 is 38.3 Å². The summed E-state index contributed by atoms with van der Waals surface area (Å²) in [4.78, 5) is 23.3. The lowest BCUT2D eigenvalue weighted by Crippen LogP contribution is -3.06. The Labute approximate surface area is 171 Å². The molecule has 3 rings (SSSR count). The van der Waals surface area contributed by atoms with Crippen molar-refractivity contribution in [2.75, 3.05) is 51.1 Å². The lowest BCUT2D eigenvalue weighted by molar-refractivity contribution is -0.856. The Morgan fingerprint density at radius 1 is 1.07 bits per heavy atom. The fourth-order valence-corrected chi connectivity index (χ4v) is 4.06. The molecule has 0 aliphatic carbocycles.